The molecule has 3 N–H and O–H groups in total. The van der Waals surface area contributed by atoms with Gasteiger partial charge in [-0.3, -0.25) is 22.6 Å². The first kappa shape index (κ1) is 58.2. The van der Waals surface area contributed by atoms with Crippen molar-refractivity contribution < 1.29 is 96.3 Å². The van der Waals surface area contributed by atoms with E-state index >= 15 is 0 Å². The Labute approximate surface area is 415 Å². The maximum Gasteiger partial charge on any atom is 0.311 e. The lowest BCUT2D eigenvalue weighted by Gasteiger charge is -2.30. The van der Waals surface area contributed by atoms with E-state index in [1.165, 1.54) is 31.4 Å². The van der Waals surface area contributed by atoms with Gasteiger partial charge in [-0.25, -0.2) is 17.2 Å². The van der Waals surface area contributed by atoms with Crippen LogP contribution in [-0.2, 0) is 74.9 Å². The van der Waals surface area contributed by atoms with E-state index in [0.29, 0.717) is 40.2 Å². The minimum absolute atomic E-state index is 0.0394. The van der Waals surface area contributed by atoms with E-state index in [9.17, 15) is 78.1 Å². The molecule has 0 amide bonds. The molecule has 0 fully saturated rings. The lowest BCUT2D eigenvalue weighted by molar-refractivity contribution is -0.438. The SMILES string of the molecule is COCCN1C(=CC=CC2=[N+](CCCCCC(=O)Oc3c(F)c(F)c(S(C)(=O)=O)c(F)c3F)c3ccc(S(=O)(=O)O)cc3C2(C)CCCS(=O)(=O)O)C(C)(CCCS(=O)(=O)O)c2cc(S(=O)(=O)OC)ccc21. The van der Waals surface area contributed by atoms with Crippen LogP contribution in [0.2, 0.25) is 0 Å². The van der Waals surface area contributed by atoms with Gasteiger partial charge in [-0.1, -0.05) is 6.08 Å². The van der Waals surface area contributed by atoms with Crippen molar-refractivity contribution in [1.82, 2.24) is 0 Å². The first-order valence-corrected chi connectivity index (χ1v) is 29.7. The van der Waals surface area contributed by atoms with Gasteiger partial charge in [0.2, 0.25) is 23.1 Å². The van der Waals surface area contributed by atoms with Gasteiger partial charge in [0.15, 0.2) is 27.2 Å². The van der Waals surface area contributed by atoms with Gasteiger partial charge in [-0.15, -0.1) is 0 Å². The van der Waals surface area contributed by atoms with Crippen LogP contribution in [0.5, 0.6) is 5.75 Å². The number of carbonyl (C=O) groups excluding carboxylic acids is 1. The van der Waals surface area contributed by atoms with Crippen molar-refractivity contribution in [3.05, 3.63) is 94.7 Å². The quantitative estimate of drug-likeness (QED) is 0.0136. The standard InChI is InChI=1S/C44H52F4N2O17S5/c1-43(19-10-24-69(54,55)56)30-26-28(71(60,61)62)15-17-32(30)49(21-8-6-7-14-36(51)67-41-37(45)39(47)42(68(5,52)53)40(48)38(41)46)34(43)12-9-13-35-44(2,20-11-25-70(57,58)59)31-27-29(72(63,64)66-4)16-18-33(31)50(35)22-23-65-3/h9,12-13,15-18,26-27H,6-8,10-11,14,19-25H2,1-5H3,(H2-,54,55,56,57,58,59,60,61,62)/p+1. The van der Waals surface area contributed by atoms with E-state index in [0.717, 1.165) is 13.2 Å². The lowest BCUT2D eigenvalue weighted by atomic mass is 9.75. The van der Waals surface area contributed by atoms with Crippen molar-refractivity contribution in [1.29, 1.82) is 0 Å². The Bertz CT molecular complexity index is 3280. The zero-order valence-corrected chi connectivity index (χ0v) is 43.5. The molecule has 3 aromatic rings. The minimum atomic E-state index is -4.80. The maximum absolute atomic E-state index is 14.7. The first-order chi connectivity index (χ1) is 33.2. The third kappa shape index (κ3) is 13.0. The second kappa shape index (κ2) is 22.1. The predicted molar refractivity (Wildman–Crippen MR) is 253 cm³/mol. The molecule has 72 heavy (non-hydrogen) atoms. The van der Waals surface area contributed by atoms with Crippen molar-refractivity contribution in [2.45, 2.75) is 90.7 Å². The van der Waals surface area contributed by atoms with Crippen molar-refractivity contribution in [2.75, 3.05) is 56.6 Å². The van der Waals surface area contributed by atoms with Crippen LogP contribution in [0.3, 0.4) is 0 Å². The molecule has 0 saturated heterocycles. The second-order valence-electron chi connectivity index (χ2n) is 17.5. The Morgan fingerprint density at radius 3 is 1.85 bits per heavy atom. The van der Waals surface area contributed by atoms with Gasteiger partial charge in [-0.2, -0.15) is 47.0 Å². The first-order valence-electron chi connectivity index (χ1n) is 21.8. The Morgan fingerprint density at radius 2 is 1.31 bits per heavy atom. The number of fused-ring (bicyclic) bond motifs is 2. The molecular weight excluding hydrogens is 1060 g/mol. The number of esters is 1. The summed E-state index contributed by atoms with van der Waals surface area (Å²) < 4.78 is 226. The van der Waals surface area contributed by atoms with Gasteiger partial charge in [0.25, 0.3) is 40.5 Å². The number of benzene rings is 3. The van der Waals surface area contributed by atoms with Crippen LogP contribution in [0.15, 0.2) is 75.0 Å². The van der Waals surface area contributed by atoms with E-state index in [1.807, 2.05) is 4.90 Å². The molecular formula is C44H53F4N2O17S5+. The molecule has 2 unspecified atom stereocenters. The van der Waals surface area contributed by atoms with Gasteiger partial charge in [0.05, 0.1) is 40.4 Å². The molecule has 5 rings (SSSR count). The summed E-state index contributed by atoms with van der Waals surface area (Å²) in [6.07, 6.45) is 4.79. The van der Waals surface area contributed by atoms with Crippen LogP contribution in [0.1, 0.15) is 76.3 Å². The fourth-order valence-electron chi connectivity index (χ4n) is 9.00. The van der Waals surface area contributed by atoms with E-state index in [1.54, 1.807) is 42.7 Å². The Hall–Kier alpha value is -4.65. The van der Waals surface area contributed by atoms with E-state index in [-0.39, 0.29) is 69.5 Å². The summed E-state index contributed by atoms with van der Waals surface area (Å²) in [6, 6.07) is 8.05. The van der Waals surface area contributed by atoms with Gasteiger partial charge >= 0.3 is 5.97 Å². The summed E-state index contributed by atoms with van der Waals surface area (Å²) >= 11 is 0. The highest BCUT2D eigenvalue weighted by Gasteiger charge is 2.49. The number of sulfone groups is 1. The smallest absolute Gasteiger partial charge is 0.311 e. The fourth-order valence-corrected chi connectivity index (χ4v) is 12.0. The Morgan fingerprint density at radius 1 is 0.736 bits per heavy atom. The van der Waals surface area contributed by atoms with Crippen molar-refractivity contribution in [3.8, 4) is 5.75 Å². The highest BCUT2D eigenvalue weighted by molar-refractivity contribution is 7.90. The van der Waals surface area contributed by atoms with Crippen molar-refractivity contribution in [3.63, 3.8) is 0 Å². The molecule has 0 aromatic heterocycles. The average Bonchev–Trinajstić information content (AvgIpc) is 3.64. The number of allylic oxidation sites excluding steroid dienone is 4. The normalized spacial score (nSPS) is 19.2. The van der Waals surface area contributed by atoms with E-state index in [4.69, 9.17) is 8.92 Å². The number of halogens is 4. The number of hydrogen-bond donors (Lipinski definition) is 3. The lowest BCUT2D eigenvalue weighted by Crippen LogP contribution is -2.32. The molecule has 0 radical (unpaired) electrons. The predicted octanol–water partition coefficient (Wildman–Crippen LogP) is 5.95. The molecule has 398 valence electrons. The fraction of sp³-hybridized carbons (Fsp3) is 0.455. The third-order valence-corrected chi connectivity index (χ3v) is 17.3. The van der Waals surface area contributed by atoms with Gasteiger partial charge in [0, 0.05) is 67.3 Å². The topological polar surface area (TPSA) is 282 Å². The molecule has 3 aromatic carbocycles. The zero-order chi connectivity index (χ0) is 54.0. The summed E-state index contributed by atoms with van der Waals surface area (Å²) in [5.74, 6) is -13.5. The third-order valence-electron chi connectivity index (χ3n) is 12.4. The summed E-state index contributed by atoms with van der Waals surface area (Å²) in [6.45, 7) is 3.86. The molecule has 0 bridgehead atoms. The number of carbonyl (C=O) groups is 1. The van der Waals surface area contributed by atoms with Gasteiger partial charge < -0.3 is 14.4 Å². The molecule has 2 aliphatic heterocycles. The highest BCUT2D eigenvalue weighted by Crippen LogP contribution is 2.52. The molecule has 0 spiro atoms. The number of rotatable bonds is 24. The summed E-state index contributed by atoms with van der Waals surface area (Å²) in [4.78, 5) is 11.9. The number of anilines is 1. The largest absolute Gasteiger partial charge is 0.420 e. The van der Waals surface area contributed by atoms with Crippen LogP contribution >= 0.6 is 0 Å². The Kier molecular flexibility index (Phi) is 17.8. The zero-order valence-electron chi connectivity index (χ0n) is 39.4. The molecule has 0 aliphatic carbocycles. The second-order valence-corrected chi connectivity index (χ2v) is 25.7. The van der Waals surface area contributed by atoms with Crippen LogP contribution in [0.4, 0.5) is 28.9 Å². The van der Waals surface area contributed by atoms with Crippen molar-refractivity contribution >= 4 is 73.4 Å². The Balaban J connectivity index is 1.58. The molecule has 28 heteroatoms. The summed E-state index contributed by atoms with van der Waals surface area (Å²) in [5.41, 5.74) is 0.218. The van der Waals surface area contributed by atoms with Crippen LogP contribution < -0.4 is 9.64 Å². The van der Waals surface area contributed by atoms with Crippen LogP contribution in [0.25, 0.3) is 0 Å². The van der Waals surface area contributed by atoms with Crippen LogP contribution in [-0.4, -0.2) is 124 Å². The van der Waals surface area contributed by atoms with Crippen LogP contribution in [0, 0.1) is 23.3 Å². The average molecular weight is 1120 g/mol. The molecule has 2 aliphatic rings. The monoisotopic (exact) mass is 1120 g/mol. The number of unbranched alkanes of at least 4 members (excludes halogenated alkanes) is 2. The number of methoxy groups -OCH3 is 1. The molecule has 2 atom stereocenters. The molecule has 2 heterocycles. The maximum atomic E-state index is 14.7. The van der Waals surface area contributed by atoms with Crippen molar-refractivity contribution in [2.24, 2.45) is 0 Å². The molecule has 0 saturated carbocycles. The number of ether oxygens (including phenoxy) is 2. The summed E-state index contributed by atoms with van der Waals surface area (Å²) in [7, 11) is -20.3. The van der Waals surface area contributed by atoms with E-state index in [2.05, 4.69) is 4.74 Å². The number of hydrogen-bond acceptors (Lipinski definition) is 15. The highest BCUT2D eigenvalue weighted by atomic mass is 32.2. The van der Waals surface area contributed by atoms with E-state index < -0.39 is 124 Å². The van der Waals surface area contributed by atoms with Gasteiger partial charge in [0.1, 0.15) is 11.4 Å². The van der Waals surface area contributed by atoms with Gasteiger partial charge in [-0.05, 0) is 94.3 Å². The summed E-state index contributed by atoms with van der Waals surface area (Å²) in [5, 5.41) is 0. The molecule has 19 nitrogen and oxygen atoms in total. The number of nitrogens with zero attached hydrogens (tertiary/aromatic N) is 2. The minimum Gasteiger partial charge on any atom is -0.420 e.